The number of thiophene rings is 1. The van der Waals surface area contributed by atoms with E-state index in [-0.39, 0.29) is 5.91 Å². The molecule has 0 fully saturated rings. The van der Waals surface area contributed by atoms with E-state index in [1.54, 1.807) is 0 Å². The molecular formula is C25H23ClN4OS. The molecule has 2 aromatic heterocycles. The smallest absolute Gasteiger partial charge is 0.263 e. The van der Waals surface area contributed by atoms with Gasteiger partial charge < -0.3 is 11.1 Å². The van der Waals surface area contributed by atoms with Gasteiger partial charge >= 0.3 is 0 Å². The van der Waals surface area contributed by atoms with Gasteiger partial charge in [0.25, 0.3) is 5.91 Å². The number of nitrogen functional groups attached to an aromatic ring is 1. The summed E-state index contributed by atoms with van der Waals surface area (Å²) in [6.07, 6.45) is 0.895. The first-order chi connectivity index (χ1) is 15.6. The first-order valence-corrected chi connectivity index (χ1v) is 11.8. The highest BCUT2D eigenvalue weighted by atomic mass is 35.5. The van der Waals surface area contributed by atoms with Crippen LogP contribution in [0.2, 0.25) is 5.02 Å². The van der Waals surface area contributed by atoms with Crippen molar-refractivity contribution in [2.75, 3.05) is 12.3 Å². The number of carbonyl (C=O) groups is 1. The number of fused-ring (bicyclic) bond motifs is 2. The van der Waals surface area contributed by atoms with Gasteiger partial charge in [-0.15, -0.1) is 11.3 Å². The quantitative estimate of drug-likeness (QED) is 0.437. The summed E-state index contributed by atoms with van der Waals surface area (Å²) in [5.74, 6) is -0.186. The third kappa shape index (κ3) is 4.35. The van der Waals surface area contributed by atoms with Gasteiger partial charge in [0, 0.05) is 48.7 Å². The molecule has 2 aromatic carbocycles. The zero-order valence-electron chi connectivity index (χ0n) is 17.5. The minimum Gasteiger partial charge on any atom is -0.397 e. The Morgan fingerprint density at radius 1 is 1.12 bits per heavy atom. The lowest BCUT2D eigenvalue weighted by Gasteiger charge is -2.28. The zero-order valence-corrected chi connectivity index (χ0v) is 19.0. The van der Waals surface area contributed by atoms with Crippen LogP contribution in [0, 0.1) is 0 Å². The molecule has 5 nitrogen and oxygen atoms in total. The van der Waals surface area contributed by atoms with Gasteiger partial charge in [0.05, 0.1) is 5.69 Å². The van der Waals surface area contributed by atoms with E-state index in [4.69, 9.17) is 22.3 Å². The summed E-state index contributed by atoms with van der Waals surface area (Å²) < 4.78 is 0. The molecular weight excluding hydrogens is 440 g/mol. The van der Waals surface area contributed by atoms with E-state index in [0.29, 0.717) is 22.1 Å². The highest BCUT2D eigenvalue weighted by Gasteiger charge is 2.22. The second kappa shape index (κ2) is 8.90. The lowest BCUT2D eigenvalue weighted by atomic mass is 10.0. The molecule has 0 aliphatic carbocycles. The molecule has 7 heteroatoms. The number of anilines is 1. The van der Waals surface area contributed by atoms with E-state index in [0.717, 1.165) is 47.5 Å². The predicted molar refractivity (Wildman–Crippen MR) is 131 cm³/mol. The fourth-order valence-electron chi connectivity index (χ4n) is 4.11. The summed E-state index contributed by atoms with van der Waals surface area (Å²) in [5, 5.41) is 4.46. The molecule has 1 aliphatic heterocycles. The summed E-state index contributed by atoms with van der Waals surface area (Å²) in [4.78, 5) is 21.4. The van der Waals surface area contributed by atoms with E-state index >= 15 is 0 Å². The van der Waals surface area contributed by atoms with Crippen LogP contribution in [0.25, 0.3) is 10.2 Å². The highest BCUT2D eigenvalue weighted by Crippen LogP contribution is 2.35. The molecule has 3 N–H and O–H groups in total. The van der Waals surface area contributed by atoms with Crippen molar-refractivity contribution >= 4 is 44.7 Å². The maximum absolute atomic E-state index is 12.8. The number of rotatable bonds is 5. The number of hydrogen-bond donors (Lipinski definition) is 2. The third-order valence-corrected chi connectivity index (χ3v) is 7.09. The summed E-state index contributed by atoms with van der Waals surface area (Å²) >= 11 is 7.39. The molecule has 0 saturated heterocycles. The second-order valence-corrected chi connectivity index (χ2v) is 9.49. The molecule has 1 amide bonds. The lowest BCUT2D eigenvalue weighted by molar-refractivity contribution is 0.0956. The average molecular weight is 463 g/mol. The number of pyridine rings is 1. The van der Waals surface area contributed by atoms with E-state index in [2.05, 4.69) is 40.5 Å². The van der Waals surface area contributed by atoms with Crippen molar-refractivity contribution in [3.8, 4) is 0 Å². The first-order valence-electron chi connectivity index (χ1n) is 10.6. The van der Waals surface area contributed by atoms with Gasteiger partial charge in [0.2, 0.25) is 0 Å². The van der Waals surface area contributed by atoms with Crippen LogP contribution < -0.4 is 11.1 Å². The number of benzene rings is 2. The maximum atomic E-state index is 12.8. The van der Waals surface area contributed by atoms with E-state index in [9.17, 15) is 4.79 Å². The molecule has 1 aliphatic rings. The Hall–Kier alpha value is -2.93. The number of nitrogens with two attached hydrogens (primary N) is 1. The molecule has 4 aromatic rings. The topological polar surface area (TPSA) is 71.2 Å². The van der Waals surface area contributed by atoms with Crippen molar-refractivity contribution in [3.05, 3.63) is 92.9 Å². The molecule has 5 rings (SSSR count). The molecule has 162 valence electrons. The van der Waals surface area contributed by atoms with Crippen LogP contribution in [0.1, 0.15) is 32.1 Å². The van der Waals surface area contributed by atoms with Gasteiger partial charge in [0.1, 0.15) is 9.71 Å². The Labute approximate surface area is 195 Å². The predicted octanol–water partition coefficient (Wildman–Crippen LogP) is 5.02. The Morgan fingerprint density at radius 2 is 1.94 bits per heavy atom. The number of halogens is 1. The SMILES string of the molecule is Nc1c(C(=O)NCc2cccc(Cl)c2)sc2nc3c(cc12)CN(Cc1ccccc1)CC3. The fourth-order valence-corrected chi connectivity index (χ4v) is 5.34. The minimum atomic E-state index is -0.186. The number of aromatic nitrogens is 1. The molecule has 0 unspecified atom stereocenters. The number of carbonyl (C=O) groups excluding carboxylic acids is 1. The van der Waals surface area contributed by atoms with Gasteiger partial charge in [-0.05, 0) is 34.9 Å². The number of amides is 1. The Balaban J connectivity index is 1.34. The van der Waals surface area contributed by atoms with Crippen LogP contribution in [-0.2, 0) is 26.1 Å². The Kier molecular flexibility index (Phi) is 5.83. The molecule has 32 heavy (non-hydrogen) atoms. The van der Waals surface area contributed by atoms with Crippen molar-refractivity contribution < 1.29 is 4.79 Å². The van der Waals surface area contributed by atoms with Gasteiger partial charge in [-0.3, -0.25) is 9.69 Å². The molecule has 0 spiro atoms. The minimum absolute atomic E-state index is 0.186. The average Bonchev–Trinajstić information content (AvgIpc) is 3.12. The van der Waals surface area contributed by atoms with Crippen LogP contribution >= 0.6 is 22.9 Å². The second-order valence-electron chi connectivity index (χ2n) is 8.05. The van der Waals surface area contributed by atoms with Crippen LogP contribution in [0.5, 0.6) is 0 Å². The largest absolute Gasteiger partial charge is 0.397 e. The van der Waals surface area contributed by atoms with Crippen LogP contribution in [0.4, 0.5) is 5.69 Å². The summed E-state index contributed by atoms with van der Waals surface area (Å²) in [7, 11) is 0. The molecule has 0 bridgehead atoms. The Bertz CT molecular complexity index is 1290. The van der Waals surface area contributed by atoms with Gasteiger partial charge in [-0.25, -0.2) is 4.98 Å². The van der Waals surface area contributed by atoms with Crippen molar-refractivity contribution in [1.29, 1.82) is 0 Å². The molecule has 0 atom stereocenters. The maximum Gasteiger partial charge on any atom is 0.263 e. The van der Waals surface area contributed by atoms with Gasteiger partial charge in [0.15, 0.2) is 0 Å². The molecule has 0 saturated carbocycles. The number of hydrogen-bond acceptors (Lipinski definition) is 5. The van der Waals surface area contributed by atoms with Gasteiger partial charge in [-0.2, -0.15) is 0 Å². The molecule has 3 heterocycles. The van der Waals surface area contributed by atoms with Crippen molar-refractivity contribution in [2.24, 2.45) is 0 Å². The van der Waals surface area contributed by atoms with Crippen molar-refractivity contribution in [3.63, 3.8) is 0 Å². The summed E-state index contributed by atoms with van der Waals surface area (Å²) in [5.41, 5.74) is 11.4. The van der Waals surface area contributed by atoms with E-state index < -0.39 is 0 Å². The molecule has 0 radical (unpaired) electrons. The first kappa shape index (κ1) is 20.9. The van der Waals surface area contributed by atoms with Crippen LogP contribution in [0.15, 0.2) is 60.7 Å². The standard InChI is InChI=1S/C25H23ClN4OS/c26-19-8-4-7-17(11-19)13-28-24(31)23-22(27)20-12-18-15-30(14-16-5-2-1-3-6-16)10-9-21(18)29-25(20)32-23/h1-8,11-12H,9-10,13-15,27H2,(H,28,31). The van der Waals surface area contributed by atoms with Crippen molar-refractivity contribution in [2.45, 2.75) is 26.1 Å². The van der Waals surface area contributed by atoms with Crippen LogP contribution in [-0.4, -0.2) is 22.3 Å². The third-order valence-electron chi connectivity index (χ3n) is 5.75. The zero-order chi connectivity index (χ0) is 22.1. The fraction of sp³-hybridized carbons (Fsp3) is 0.200. The summed E-state index contributed by atoms with van der Waals surface area (Å²) in [6, 6.07) is 20.1. The van der Waals surface area contributed by atoms with Crippen LogP contribution in [0.3, 0.4) is 0 Å². The van der Waals surface area contributed by atoms with Gasteiger partial charge in [-0.1, -0.05) is 54.1 Å². The number of nitrogens with zero attached hydrogens (tertiary/aromatic N) is 2. The van der Waals surface area contributed by atoms with E-state index in [1.165, 1.54) is 22.5 Å². The van der Waals surface area contributed by atoms with Crippen molar-refractivity contribution in [1.82, 2.24) is 15.2 Å². The lowest BCUT2D eigenvalue weighted by Crippen LogP contribution is -2.30. The highest BCUT2D eigenvalue weighted by molar-refractivity contribution is 7.21. The Morgan fingerprint density at radius 3 is 2.75 bits per heavy atom. The monoisotopic (exact) mass is 462 g/mol. The normalized spacial score (nSPS) is 13.8. The van der Waals surface area contributed by atoms with E-state index in [1.807, 2.05) is 30.3 Å². The summed E-state index contributed by atoms with van der Waals surface area (Å²) in [6.45, 7) is 3.10. The number of nitrogens with one attached hydrogen (secondary N) is 1.